The Morgan fingerprint density at radius 2 is 1.80 bits per heavy atom. The molecule has 0 heterocycles. The first kappa shape index (κ1) is 18.1. The quantitative estimate of drug-likeness (QED) is 0.616. The van der Waals surface area contributed by atoms with E-state index in [9.17, 15) is 14.9 Å². The van der Waals surface area contributed by atoms with Gasteiger partial charge in [-0.1, -0.05) is 12.1 Å². The van der Waals surface area contributed by atoms with E-state index in [2.05, 4.69) is 10.6 Å². The van der Waals surface area contributed by atoms with E-state index in [0.717, 1.165) is 11.3 Å². The van der Waals surface area contributed by atoms with Crippen LogP contribution in [0.3, 0.4) is 0 Å². The van der Waals surface area contributed by atoms with E-state index in [-0.39, 0.29) is 17.5 Å². The molecule has 0 saturated heterocycles. The normalized spacial score (nSPS) is 11.3. The smallest absolute Gasteiger partial charge is 0.319 e. The highest BCUT2D eigenvalue weighted by Crippen LogP contribution is 2.29. The number of rotatable bonds is 6. The summed E-state index contributed by atoms with van der Waals surface area (Å²) in [5.74, 6) is 0.942. The number of hydrogen-bond donors (Lipinski definition) is 2. The monoisotopic (exact) mass is 345 g/mol. The average Bonchev–Trinajstić information content (AvgIpc) is 2.61. The molecule has 2 aromatic rings. The molecular formula is C17H19N3O5. The molecular weight excluding hydrogens is 326 g/mol. The highest BCUT2D eigenvalue weighted by molar-refractivity contribution is 5.91. The van der Waals surface area contributed by atoms with Crippen molar-refractivity contribution < 1.29 is 19.2 Å². The molecule has 2 rings (SSSR count). The summed E-state index contributed by atoms with van der Waals surface area (Å²) < 4.78 is 10.2. The van der Waals surface area contributed by atoms with Crippen LogP contribution in [0, 0.1) is 10.1 Å². The molecule has 132 valence electrons. The highest BCUT2D eigenvalue weighted by atomic mass is 16.6. The Hall–Kier alpha value is -3.29. The molecule has 0 aliphatic heterocycles. The van der Waals surface area contributed by atoms with Gasteiger partial charge in [0.05, 0.1) is 36.9 Å². The SMILES string of the molecule is COc1ccc([C@H](C)NC(=O)Nc2ccc([N+](=O)[O-])cc2OC)cc1. The molecule has 0 aliphatic carbocycles. The van der Waals surface area contributed by atoms with Gasteiger partial charge in [-0.3, -0.25) is 10.1 Å². The van der Waals surface area contributed by atoms with Crippen molar-refractivity contribution in [1.29, 1.82) is 0 Å². The molecule has 0 aliphatic rings. The number of anilines is 1. The van der Waals surface area contributed by atoms with E-state index in [4.69, 9.17) is 9.47 Å². The van der Waals surface area contributed by atoms with Crippen LogP contribution in [0.4, 0.5) is 16.2 Å². The maximum Gasteiger partial charge on any atom is 0.319 e. The standard InChI is InChI=1S/C17H19N3O5/c1-11(12-4-7-14(24-2)8-5-12)18-17(21)19-15-9-6-13(20(22)23)10-16(15)25-3/h4-11H,1-3H3,(H2,18,19,21)/t11-/m0/s1. The lowest BCUT2D eigenvalue weighted by Crippen LogP contribution is -2.31. The molecule has 0 fully saturated rings. The van der Waals surface area contributed by atoms with E-state index in [1.807, 2.05) is 31.2 Å². The number of carbonyl (C=O) groups is 1. The van der Waals surface area contributed by atoms with Crippen LogP contribution in [-0.2, 0) is 0 Å². The molecule has 0 saturated carbocycles. The fraction of sp³-hybridized carbons (Fsp3) is 0.235. The number of urea groups is 1. The second kappa shape index (κ2) is 8.00. The lowest BCUT2D eigenvalue weighted by molar-refractivity contribution is -0.384. The van der Waals surface area contributed by atoms with Crippen LogP contribution in [0.1, 0.15) is 18.5 Å². The lowest BCUT2D eigenvalue weighted by atomic mass is 10.1. The van der Waals surface area contributed by atoms with Gasteiger partial charge < -0.3 is 20.1 Å². The molecule has 2 aromatic carbocycles. The van der Waals surface area contributed by atoms with Gasteiger partial charge in [0.1, 0.15) is 11.5 Å². The Morgan fingerprint density at radius 3 is 2.36 bits per heavy atom. The van der Waals surface area contributed by atoms with Crippen LogP contribution < -0.4 is 20.1 Å². The average molecular weight is 345 g/mol. The van der Waals surface area contributed by atoms with Gasteiger partial charge in [0.25, 0.3) is 5.69 Å². The Labute approximate surface area is 144 Å². The molecule has 25 heavy (non-hydrogen) atoms. The number of benzene rings is 2. The Kier molecular flexibility index (Phi) is 5.78. The van der Waals surface area contributed by atoms with Crippen molar-refractivity contribution in [2.45, 2.75) is 13.0 Å². The molecule has 2 N–H and O–H groups in total. The number of non-ortho nitro benzene ring substituents is 1. The number of methoxy groups -OCH3 is 2. The molecule has 8 nitrogen and oxygen atoms in total. The zero-order valence-electron chi connectivity index (χ0n) is 14.1. The minimum absolute atomic E-state index is 0.116. The number of hydrogen-bond acceptors (Lipinski definition) is 5. The maximum atomic E-state index is 12.2. The molecule has 0 radical (unpaired) electrons. The van der Waals surface area contributed by atoms with Crippen molar-refractivity contribution >= 4 is 17.4 Å². The minimum atomic E-state index is -0.530. The van der Waals surface area contributed by atoms with Gasteiger partial charge in [-0.2, -0.15) is 0 Å². The number of ether oxygens (including phenoxy) is 2. The molecule has 1 atom stereocenters. The van der Waals surface area contributed by atoms with Gasteiger partial charge in [-0.05, 0) is 30.7 Å². The summed E-state index contributed by atoms with van der Waals surface area (Å²) in [6, 6.07) is 10.6. The number of nitro benzene ring substituents is 1. The van der Waals surface area contributed by atoms with E-state index in [1.54, 1.807) is 7.11 Å². The molecule has 0 aromatic heterocycles. The van der Waals surface area contributed by atoms with Crippen molar-refractivity contribution in [3.63, 3.8) is 0 Å². The first-order valence-electron chi connectivity index (χ1n) is 7.48. The molecule has 0 bridgehead atoms. The predicted molar refractivity (Wildman–Crippen MR) is 93.2 cm³/mol. The summed E-state index contributed by atoms with van der Waals surface area (Å²) in [5.41, 5.74) is 1.13. The second-order valence-electron chi connectivity index (χ2n) is 5.24. The van der Waals surface area contributed by atoms with E-state index < -0.39 is 11.0 Å². The van der Waals surface area contributed by atoms with Crippen LogP contribution in [-0.4, -0.2) is 25.2 Å². The summed E-state index contributed by atoms with van der Waals surface area (Å²) in [6.07, 6.45) is 0. The predicted octanol–water partition coefficient (Wildman–Crippen LogP) is 3.49. The van der Waals surface area contributed by atoms with Crippen molar-refractivity contribution in [2.75, 3.05) is 19.5 Å². The Balaban J connectivity index is 2.05. The summed E-state index contributed by atoms with van der Waals surface area (Å²) in [7, 11) is 2.96. The topological polar surface area (TPSA) is 103 Å². The van der Waals surface area contributed by atoms with Crippen molar-refractivity contribution in [3.8, 4) is 11.5 Å². The van der Waals surface area contributed by atoms with E-state index >= 15 is 0 Å². The van der Waals surface area contributed by atoms with Gasteiger partial charge in [-0.15, -0.1) is 0 Å². The van der Waals surface area contributed by atoms with Crippen molar-refractivity contribution in [1.82, 2.24) is 5.32 Å². The minimum Gasteiger partial charge on any atom is -0.497 e. The van der Waals surface area contributed by atoms with Gasteiger partial charge in [-0.25, -0.2) is 4.79 Å². The Morgan fingerprint density at radius 1 is 1.12 bits per heavy atom. The fourth-order valence-corrected chi connectivity index (χ4v) is 2.23. The maximum absolute atomic E-state index is 12.2. The molecule has 2 amide bonds. The van der Waals surface area contributed by atoms with Crippen LogP contribution in [0.5, 0.6) is 11.5 Å². The third-order valence-electron chi connectivity index (χ3n) is 3.61. The third kappa shape index (κ3) is 4.60. The summed E-state index contributed by atoms with van der Waals surface area (Å²) in [5, 5.41) is 16.2. The first-order valence-corrected chi connectivity index (χ1v) is 7.48. The number of carbonyl (C=O) groups excluding carboxylic acids is 1. The zero-order chi connectivity index (χ0) is 18.4. The first-order chi connectivity index (χ1) is 11.9. The molecule has 8 heteroatoms. The fourth-order valence-electron chi connectivity index (χ4n) is 2.23. The van der Waals surface area contributed by atoms with Crippen LogP contribution in [0.15, 0.2) is 42.5 Å². The summed E-state index contributed by atoms with van der Waals surface area (Å²) >= 11 is 0. The van der Waals surface area contributed by atoms with Gasteiger partial charge in [0, 0.05) is 6.07 Å². The number of amides is 2. The molecule has 0 spiro atoms. The summed E-state index contributed by atoms with van der Waals surface area (Å²) in [6.45, 7) is 1.84. The van der Waals surface area contributed by atoms with Crippen molar-refractivity contribution in [2.24, 2.45) is 0 Å². The largest absolute Gasteiger partial charge is 0.497 e. The van der Waals surface area contributed by atoms with Crippen molar-refractivity contribution in [3.05, 3.63) is 58.1 Å². The third-order valence-corrected chi connectivity index (χ3v) is 3.61. The van der Waals surface area contributed by atoms with Crippen LogP contribution in [0.2, 0.25) is 0 Å². The van der Waals surface area contributed by atoms with Gasteiger partial charge in [0.15, 0.2) is 0 Å². The van der Waals surface area contributed by atoms with Crippen LogP contribution >= 0.6 is 0 Å². The second-order valence-corrected chi connectivity index (χ2v) is 5.24. The number of nitrogens with one attached hydrogen (secondary N) is 2. The van der Waals surface area contributed by atoms with Gasteiger partial charge >= 0.3 is 6.03 Å². The number of nitrogens with zero attached hydrogens (tertiary/aromatic N) is 1. The van der Waals surface area contributed by atoms with E-state index in [0.29, 0.717) is 5.69 Å². The van der Waals surface area contributed by atoms with E-state index in [1.165, 1.54) is 25.3 Å². The van der Waals surface area contributed by atoms with Crippen LogP contribution in [0.25, 0.3) is 0 Å². The zero-order valence-corrected chi connectivity index (χ0v) is 14.1. The highest BCUT2D eigenvalue weighted by Gasteiger charge is 2.15. The summed E-state index contributed by atoms with van der Waals surface area (Å²) in [4.78, 5) is 22.4. The lowest BCUT2D eigenvalue weighted by Gasteiger charge is -2.16. The van der Waals surface area contributed by atoms with Gasteiger partial charge in [0.2, 0.25) is 0 Å². The molecule has 0 unspecified atom stereocenters. The Bertz CT molecular complexity index is 761. The number of nitro groups is 1.